The zero-order valence-electron chi connectivity index (χ0n) is 9.31. The maximum Gasteiger partial charge on any atom is 0.0848 e. The number of epoxide rings is 1. The van der Waals surface area contributed by atoms with Gasteiger partial charge in [-0.3, -0.25) is 0 Å². The molecule has 2 nitrogen and oxygen atoms in total. The Labute approximate surface area is 90.9 Å². The molecule has 0 spiro atoms. The highest BCUT2D eigenvalue weighted by atomic mass is 16.6. The van der Waals surface area contributed by atoms with Crippen LogP contribution in [0.5, 0.6) is 0 Å². The summed E-state index contributed by atoms with van der Waals surface area (Å²) in [7, 11) is 1.00. The Bertz CT molecular complexity index is 308. The lowest BCUT2D eigenvalue weighted by Gasteiger charge is -2.11. The summed E-state index contributed by atoms with van der Waals surface area (Å²) in [5, 5.41) is 7.00. The van der Waals surface area contributed by atoms with Crippen LogP contribution in [0.1, 0.15) is 29.9 Å². The van der Waals surface area contributed by atoms with Gasteiger partial charge in [0.2, 0.25) is 0 Å². The van der Waals surface area contributed by atoms with Crippen LogP contribution in [-0.2, 0) is 4.74 Å². The molecule has 1 heterocycles. The second kappa shape index (κ2) is 4.33. The van der Waals surface area contributed by atoms with Crippen molar-refractivity contribution in [2.24, 2.45) is 0 Å². The minimum atomic E-state index is 0.603. The van der Waals surface area contributed by atoms with E-state index in [2.05, 4.69) is 31.2 Å². The van der Waals surface area contributed by atoms with Gasteiger partial charge in [0.25, 0.3) is 0 Å². The number of benzene rings is 1. The molecule has 15 heavy (non-hydrogen) atoms. The summed E-state index contributed by atoms with van der Waals surface area (Å²) < 4.78 is 5.43. The average Bonchev–Trinajstić information content (AvgIpc) is 2.90. The van der Waals surface area contributed by atoms with Gasteiger partial charge in [-0.2, -0.15) is 0 Å². The Balaban J connectivity index is 0.000000404. The van der Waals surface area contributed by atoms with E-state index in [0.717, 1.165) is 13.0 Å². The van der Waals surface area contributed by atoms with Gasteiger partial charge < -0.3 is 9.84 Å². The Hall–Kier alpha value is -0.860. The highest BCUT2D eigenvalue weighted by Crippen LogP contribution is 2.46. The van der Waals surface area contributed by atoms with Crippen molar-refractivity contribution >= 4 is 0 Å². The van der Waals surface area contributed by atoms with Crippen molar-refractivity contribution in [3.63, 3.8) is 0 Å². The number of ether oxygens (including phenoxy) is 1. The molecule has 0 bridgehead atoms. The minimum absolute atomic E-state index is 0.603. The van der Waals surface area contributed by atoms with E-state index >= 15 is 0 Å². The van der Waals surface area contributed by atoms with Crippen LogP contribution >= 0.6 is 0 Å². The van der Waals surface area contributed by atoms with Gasteiger partial charge in [0.1, 0.15) is 0 Å². The lowest BCUT2D eigenvalue weighted by atomic mass is 9.96. The van der Waals surface area contributed by atoms with E-state index in [4.69, 9.17) is 9.84 Å². The van der Waals surface area contributed by atoms with E-state index in [9.17, 15) is 0 Å². The number of hydrogen-bond donors (Lipinski definition) is 1. The molecular formula is C13H18O2. The van der Waals surface area contributed by atoms with Crippen LogP contribution in [0.25, 0.3) is 0 Å². The molecule has 1 aromatic carbocycles. The van der Waals surface area contributed by atoms with E-state index < -0.39 is 0 Å². The number of rotatable bonds is 1. The fourth-order valence-corrected chi connectivity index (χ4v) is 2.36. The maximum absolute atomic E-state index is 7.00. The smallest absolute Gasteiger partial charge is 0.0848 e. The number of fused-ring (bicyclic) bond motifs is 1. The quantitative estimate of drug-likeness (QED) is 0.715. The molecule has 2 fully saturated rings. The molecule has 2 aliphatic rings. The first kappa shape index (κ1) is 10.7. The predicted octanol–water partition coefficient (Wildman–Crippen LogP) is 2.25. The molecule has 1 aliphatic carbocycles. The summed E-state index contributed by atoms with van der Waals surface area (Å²) in [6, 6.07) is 8.95. The zero-order chi connectivity index (χ0) is 10.8. The molecule has 1 aromatic rings. The van der Waals surface area contributed by atoms with Crippen LogP contribution < -0.4 is 0 Å². The van der Waals surface area contributed by atoms with Crippen LogP contribution in [0.3, 0.4) is 0 Å². The number of aryl methyl sites for hydroxylation is 1. The molecule has 1 aliphatic heterocycles. The monoisotopic (exact) mass is 206 g/mol. The molecule has 2 heteroatoms. The third-order valence-corrected chi connectivity index (χ3v) is 3.27. The molecule has 3 rings (SSSR count). The first-order valence-electron chi connectivity index (χ1n) is 5.49. The topological polar surface area (TPSA) is 32.8 Å². The van der Waals surface area contributed by atoms with E-state index in [0.29, 0.717) is 12.2 Å². The van der Waals surface area contributed by atoms with Gasteiger partial charge in [-0.05, 0) is 31.2 Å². The van der Waals surface area contributed by atoms with E-state index in [1.165, 1.54) is 24.0 Å². The van der Waals surface area contributed by atoms with Crippen molar-refractivity contribution < 1.29 is 9.84 Å². The summed E-state index contributed by atoms with van der Waals surface area (Å²) in [5.41, 5.74) is 2.85. The van der Waals surface area contributed by atoms with Crippen LogP contribution in [0.4, 0.5) is 0 Å². The molecule has 82 valence electrons. The number of hydrogen-bond acceptors (Lipinski definition) is 2. The third-order valence-electron chi connectivity index (χ3n) is 3.27. The lowest BCUT2D eigenvalue weighted by Crippen LogP contribution is -1.97. The largest absolute Gasteiger partial charge is 0.400 e. The summed E-state index contributed by atoms with van der Waals surface area (Å²) in [4.78, 5) is 0. The first-order chi connectivity index (χ1) is 7.33. The molecule has 0 aromatic heterocycles. The highest BCUT2D eigenvalue weighted by molar-refractivity contribution is 5.26. The highest BCUT2D eigenvalue weighted by Gasteiger charge is 2.48. The van der Waals surface area contributed by atoms with Crippen molar-refractivity contribution in [3.05, 3.63) is 35.4 Å². The predicted molar refractivity (Wildman–Crippen MR) is 60.0 cm³/mol. The normalized spacial score (nSPS) is 31.5. The van der Waals surface area contributed by atoms with Crippen LogP contribution in [0, 0.1) is 6.92 Å². The van der Waals surface area contributed by atoms with Crippen molar-refractivity contribution in [2.45, 2.75) is 37.9 Å². The van der Waals surface area contributed by atoms with Crippen molar-refractivity contribution in [1.29, 1.82) is 0 Å². The zero-order valence-corrected chi connectivity index (χ0v) is 9.31. The Morgan fingerprint density at radius 2 is 1.60 bits per heavy atom. The van der Waals surface area contributed by atoms with E-state index in [1.807, 2.05) is 0 Å². The molecule has 1 saturated heterocycles. The summed E-state index contributed by atoms with van der Waals surface area (Å²) in [6.45, 7) is 2.14. The van der Waals surface area contributed by atoms with Crippen LogP contribution in [-0.4, -0.2) is 24.4 Å². The second-order valence-corrected chi connectivity index (χ2v) is 4.29. The van der Waals surface area contributed by atoms with Crippen LogP contribution in [0.2, 0.25) is 0 Å². The van der Waals surface area contributed by atoms with Gasteiger partial charge >= 0.3 is 0 Å². The van der Waals surface area contributed by atoms with Crippen molar-refractivity contribution in [2.75, 3.05) is 7.11 Å². The van der Waals surface area contributed by atoms with Gasteiger partial charge in [0.05, 0.1) is 12.2 Å². The fourth-order valence-electron chi connectivity index (χ4n) is 2.36. The lowest BCUT2D eigenvalue weighted by molar-refractivity contribution is 0.304. The molecule has 2 unspecified atom stereocenters. The summed E-state index contributed by atoms with van der Waals surface area (Å²) in [6.07, 6.45) is 3.69. The summed E-state index contributed by atoms with van der Waals surface area (Å²) in [5.74, 6) is 0.768. The number of aliphatic hydroxyl groups excluding tert-OH is 1. The van der Waals surface area contributed by atoms with E-state index in [-0.39, 0.29) is 0 Å². The van der Waals surface area contributed by atoms with Gasteiger partial charge in [0.15, 0.2) is 0 Å². The van der Waals surface area contributed by atoms with Crippen molar-refractivity contribution in [1.82, 2.24) is 0 Å². The molecule has 1 saturated carbocycles. The van der Waals surface area contributed by atoms with Gasteiger partial charge in [0, 0.05) is 7.11 Å². The molecule has 0 radical (unpaired) electrons. The Kier molecular flexibility index (Phi) is 3.08. The Morgan fingerprint density at radius 1 is 1.07 bits per heavy atom. The standard InChI is InChI=1S/C12H14O.CH4O/c1-8-2-4-9(5-3-8)10-6-11-12(7-10)13-11;1-2/h2-5,10-12H,6-7H2,1H3;2H,1H3. The number of aliphatic hydroxyl groups is 1. The average molecular weight is 206 g/mol. The first-order valence-corrected chi connectivity index (χ1v) is 5.49. The SMILES string of the molecule is CO.Cc1ccc(C2CC3OC3C2)cc1. The third kappa shape index (κ3) is 2.21. The molecule has 0 amide bonds. The minimum Gasteiger partial charge on any atom is -0.400 e. The van der Waals surface area contributed by atoms with Gasteiger partial charge in [-0.1, -0.05) is 29.8 Å². The molecule has 1 N–H and O–H groups in total. The Morgan fingerprint density at radius 3 is 2.13 bits per heavy atom. The molecule has 2 atom stereocenters. The maximum atomic E-state index is 7.00. The van der Waals surface area contributed by atoms with Gasteiger partial charge in [-0.25, -0.2) is 0 Å². The van der Waals surface area contributed by atoms with E-state index in [1.54, 1.807) is 0 Å². The van der Waals surface area contributed by atoms with Crippen LogP contribution in [0.15, 0.2) is 24.3 Å². The summed E-state index contributed by atoms with van der Waals surface area (Å²) >= 11 is 0. The molecular weight excluding hydrogens is 188 g/mol. The van der Waals surface area contributed by atoms with Gasteiger partial charge in [-0.15, -0.1) is 0 Å². The fraction of sp³-hybridized carbons (Fsp3) is 0.538. The van der Waals surface area contributed by atoms with Crippen molar-refractivity contribution in [3.8, 4) is 0 Å². The second-order valence-electron chi connectivity index (χ2n) is 4.29.